The summed E-state index contributed by atoms with van der Waals surface area (Å²) in [5.41, 5.74) is 1.44. The second-order valence-corrected chi connectivity index (χ2v) is 6.40. The Labute approximate surface area is 143 Å². The monoisotopic (exact) mass is 382 g/mol. The van der Waals surface area contributed by atoms with Gasteiger partial charge in [-0.25, -0.2) is 0 Å². The van der Waals surface area contributed by atoms with E-state index in [9.17, 15) is 0 Å². The normalized spacial score (nSPS) is 17.2. The lowest BCUT2D eigenvalue weighted by Crippen LogP contribution is -2.45. The maximum atomic E-state index is 3.59. The SMILES string of the molecule is CC(C)C[C@H](c1cccc(Br)c1)N1CCNCC1.Cl.Cl. The Kier molecular flexibility index (Phi) is 10.1. The van der Waals surface area contributed by atoms with Crippen LogP contribution in [0.1, 0.15) is 31.9 Å². The third kappa shape index (κ3) is 5.90. The molecule has 0 aromatic heterocycles. The van der Waals surface area contributed by atoms with E-state index < -0.39 is 0 Å². The molecule has 0 radical (unpaired) electrons. The van der Waals surface area contributed by atoms with Gasteiger partial charge in [0.25, 0.3) is 0 Å². The Hall–Kier alpha value is 0.200. The first-order valence-electron chi connectivity index (χ1n) is 6.87. The molecule has 1 atom stereocenters. The molecule has 0 amide bonds. The molecule has 0 bridgehead atoms. The van der Waals surface area contributed by atoms with Crippen molar-refractivity contribution in [1.82, 2.24) is 10.2 Å². The van der Waals surface area contributed by atoms with Crippen molar-refractivity contribution in [1.29, 1.82) is 0 Å². The van der Waals surface area contributed by atoms with Crippen LogP contribution in [0.2, 0.25) is 0 Å². The van der Waals surface area contributed by atoms with Crippen molar-refractivity contribution in [3.8, 4) is 0 Å². The van der Waals surface area contributed by atoms with Gasteiger partial charge in [-0.15, -0.1) is 24.8 Å². The van der Waals surface area contributed by atoms with Crippen molar-refractivity contribution in [2.24, 2.45) is 5.92 Å². The fourth-order valence-electron chi connectivity index (χ4n) is 2.65. The maximum Gasteiger partial charge on any atom is 0.0352 e. The van der Waals surface area contributed by atoms with Crippen LogP contribution in [-0.4, -0.2) is 31.1 Å². The number of nitrogens with zero attached hydrogens (tertiary/aromatic N) is 1. The van der Waals surface area contributed by atoms with Gasteiger partial charge in [0.1, 0.15) is 0 Å². The molecule has 5 heteroatoms. The van der Waals surface area contributed by atoms with Crippen LogP contribution in [0.5, 0.6) is 0 Å². The van der Waals surface area contributed by atoms with Gasteiger partial charge >= 0.3 is 0 Å². The number of nitrogens with one attached hydrogen (secondary N) is 1. The van der Waals surface area contributed by atoms with Crippen molar-refractivity contribution in [2.75, 3.05) is 26.2 Å². The molecule has 1 fully saturated rings. The topological polar surface area (TPSA) is 15.3 Å². The van der Waals surface area contributed by atoms with Gasteiger partial charge in [-0.3, -0.25) is 4.90 Å². The lowest BCUT2D eigenvalue weighted by Gasteiger charge is -2.36. The van der Waals surface area contributed by atoms with Gasteiger partial charge < -0.3 is 5.32 Å². The molecule has 20 heavy (non-hydrogen) atoms. The van der Waals surface area contributed by atoms with E-state index in [4.69, 9.17) is 0 Å². The molecule has 0 aliphatic carbocycles. The number of benzene rings is 1. The maximum absolute atomic E-state index is 3.59. The van der Waals surface area contributed by atoms with Crippen molar-refractivity contribution >= 4 is 40.7 Å². The molecular weight excluding hydrogens is 359 g/mol. The van der Waals surface area contributed by atoms with Crippen LogP contribution in [0.15, 0.2) is 28.7 Å². The molecular formula is C15H25BrCl2N2. The van der Waals surface area contributed by atoms with Crippen molar-refractivity contribution in [3.63, 3.8) is 0 Å². The van der Waals surface area contributed by atoms with Gasteiger partial charge in [0.15, 0.2) is 0 Å². The van der Waals surface area contributed by atoms with Gasteiger partial charge in [-0.2, -0.15) is 0 Å². The molecule has 0 saturated carbocycles. The average Bonchev–Trinajstić information content (AvgIpc) is 2.37. The number of halogens is 3. The zero-order chi connectivity index (χ0) is 13.0. The van der Waals surface area contributed by atoms with Crippen LogP contribution in [0.4, 0.5) is 0 Å². The number of hydrogen-bond donors (Lipinski definition) is 1. The third-order valence-corrected chi connectivity index (χ3v) is 4.01. The summed E-state index contributed by atoms with van der Waals surface area (Å²) in [6.45, 7) is 9.17. The summed E-state index contributed by atoms with van der Waals surface area (Å²) in [5, 5.41) is 3.43. The zero-order valence-electron chi connectivity index (χ0n) is 12.1. The quantitative estimate of drug-likeness (QED) is 0.834. The summed E-state index contributed by atoms with van der Waals surface area (Å²) in [6.07, 6.45) is 1.23. The molecule has 116 valence electrons. The molecule has 2 rings (SSSR count). The Balaban J connectivity index is 0.00000180. The van der Waals surface area contributed by atoms with E-state index in [1.54, 1.807) is 0 Å². The smallest absolute Gasteiger partial charge is 0.0352 e. The minimum Gasteiger partial charge on any atom is -0.314 e. The number of piperazine rings is 1. The first kappa shape index (κ1) is 20.2. The van der Waals surface area contributed by atoms with Crippen LogP contribution in [0.25, 0.3) is 0 Å². The molecule has 1 saturated heterocycles. The van der Waals surface area contributed by atoms with E-state index >= 15 is 0 Å². The van der Waals surface area contributed by atoms with Crippen LogP contribution >= 0.6 is 40.7 Å². The average molecular weight is 384 g/mol. The zero-order valence-corrected chi connectivity index (χ0v) is 15.4. The van der Waals surface area contributed by atoms with Crippen molar-refractivity contribution in [3.05, 3.63) is 34.3 Å². The first-order valence-corrected chi connectivity index (χ1v) is 7.66. The van der Waals surface area contributed by atoms with E-state index in [1.807, 2.05) is 0 Å². The van der Waals surface area contributed by atoms with E-state index in [2.05, 4.69) is 64.3 Å². The van der Waals surface area contributed by atoms with Crippen LogP contribution in [0, 0.1) is 5.92 Å². The fraction of sp³-hybridized carbons (Fsp3) is 0.600. The number of rotatable bonds is 4. The fourth-order valence-corrected chi connectivity index (χ4v) is 3.07. The predicted molar refractivity (Wildman–Crippen MR) is 95.3 cm³/mol. The van der Waals surface area contributed by atoms with E-state index in [0.717, 1.165) is 32.1 Å². The molecule has 0 spiro atoms. The lowest BCUT2D eigenvalue weighted by molar-refractivity contribution is 0.154. The Morgan fingerprint density at radius 1 is 1.20 bits per heavy atom. The van der Waals surface area contributed by atoms with E-state index in [-0.39, 0.29) is 24.8 Å². The summed E-state index contributed by atoms with van der Waals surface area (Å²) >= 11 is 3.59. The van der Waals surface area contributed by atoms with Crippen molar-refractivity contribution < 1.29 is 0 Å². The minimum atomic E-state index is 0. The molecule has 1 heterocycles. The standard InChI is InChI=1S/C15H23BrN2.2ClH/c1-12(2)10-15(18-8-6-17-7-9-18)13-4-3-5-14(16)11-13;;/h3-5,11-12,15,17H,6-10H2,1-2H3;2*1H/t15-;;/m1../s1. The summed E-state index contributed by atoms with van der Waals surface area (Å²) < 4.78 is 1.18. The molecule has 0 unspecified atom stereocenters. The Morgan fingerprint density at radius 2 is 1.85 bits per heavy atom. The van der Waals surface area contributed by atoms with Crippen LogP contribution < -0.4 is 5.32 Å². The van der Waals surface area contributed by atoms with Gasteiger partial charge in [0.05, 0.1) is 0 Å². The lowest BCUT2D eigenvalue weighted by atomic mass is 9.95. The molecule has 1 aliphatic heterocycles. The highest BCUT2D eigenvalue weighted by molar-refractivity contribution is 9.10. The second kappa shape index (κ2) is 10.0. The molecule has 1 aliphatic rings. The van der Waals surface area contributed by atoms with Gasteiger partial charge in [-0.1, -0.05) is 41.9 Å². The summed E-state index contributed by atoms with van der Waals surface area (Å²) in [7, 11) is 0. The largest absolute Gasteiger partial charge is 0.314 e. The molecule has 1 aromatic rings. The van der Waals surface area contributed by atoms with Gasteiger partial charge in [0.2, 0.25) is 0 Å². The van der Waals surface area contributed by atoms with E-state index in [1.165, 1.54) is 16.5 Å². The Bertz CT molecular complexity index is 382. The highest BCUT2D eigenvalue weighted by Gasteiger charge is 2.22. The third-order valence-electron chi connectivity index (χ3n) is 3.52. The summed E-state index contributed by atoms with van der Waals surface area (Å²) in [4.78, 5) is 2.62. The minimum absolute atomic E-state index is 0. The van der Waals surface area contributed by atoms with E-state index in [0.29, 0.717) is 6.04 Å². The molecule has 1 N–H and O–H groups in total. The van der Waals surface area contributed by atoms with Gasteiger partial charge in [0, 0.05) is 36.7 Å². The Morgan fingerprint density at radius 3 is 2.40 bits per heavy atom. The predicted octanol–water partition coefficient (Wildman–Crippen LogP) is 4.29. The van der Waals surface area contributed by atoms with Crippen LogP contribution in [0.3, 0.4) is 0 Å². The highest BCUT2D eigenvalue weighted by atomic mass is 79.9. The number of hydrogen-bond acceptors (Lipinski definition) is 2. The molecule has 2 nitrogen and oxygen atoms in total. The summed E-state index contributed by atoms with van der Waals surface area (Å²) in [6, 6.07) is 9.35. The molecule has 1 aromatic carbocycles. The summed E-state index contributed by atoms with van der Waals surface area (Å²) in [5.74, 6) is 0.726. The van der Waals surface area contributed by atoms with Gasteiger partial charge in [-0.05, 0) is 30.0 Å². The highest BCUT2D eigenvalue weighted by Crippen LogP contribution is 2.29. The van der Waals surface area contributed by atoms with Crippen molar-refractivity contribution in [2.45, 2.75) is 26.3 Å². The first-order chi connectivity index (χ1) is 8.66. The van der Waals surface area contributed by atoms with Crippen LogP contribution in [-0.2, 0) is 0 Å². The second-order valence-electron chi connectivity index (χ2n) is 5.49.